The Labute approximate surface area is 192 Å². The van der Waals surface area contributed by atoms with Crippen molar-refractivity contribution >= 4 is 11.6 Å². The molecule has 0 bridgehead atoms. The fraction of sp³-hybridized carbons (Fsp3) is 0.500. The van der Waals surface area contributed by atoms with Gasteiger partial charge in [0.05, 0.1) is 13.2 Å². The quantitative estimate of drug-likeness (QED) is 0.492. The molecule has 2 aliphatic heterocycles. The van der Waals surface area contributed by atoms with Crippen molar-refractivity contribution in [3.8, 4) is 5.75 Å². The first-order valence-corrected chi connectivity index (χ1v) is 11.2. The smallest absolute Gasteiger partial charge is 0.119 e. The Morgan fingerprint density at radius 1 is 1.03 bits per heavy atom. The van der Waals surface area contributed by atoms with E-state index in [4.69, 9.17) is 21.1 Å². The SMILES string of the molecule is CN1CC(COc2ccc(Cc3cc([C@@H]4O[C@H](CO)[C@@H](O)C(O)[C@H]4O)ccc3Cl)cc2)C1. The maximum absolute atomic E-state index is 10.4. The first kappa shape index (κ1) is 23.4. The summed E-state index contributed by atoms with van der Waals surface area (Å²) in [5, 5.41) is 40.5. The number of halogens is 1. The predicted octanol–water partition coefficient (Wildman–Crippen LogP) is 1.39. The molecule has 0 spiro atoms. The van der Waals surface area contributed by atoms with E-state index in [-0.39, 0.29) is 0 Å². The van der Waals surface area contributed by atoms with Crippen LogP contribution in [0.5, 0.6) is 5.75 Å². The third-order valence-corrected chi connectivity index (χ3v) is 6.60. The van der Waals surface area contributed by atoms with Gasteiger partial charge in [-0.2, -0.15) is 0 Å². The zero-order valence-electron chi connectivity index (χ0n) is 18.0. The van der Waals surface area contributed by atoms with Crippen molar-refractivity contribution in [1.29, 1.82) is 0 Å². The second kappa shape index (κ2) is 10.1. The van der Waals surface area contributed by atoms with E-state index in [1.54, 1.807) is 12.1 Å². The molecule has 0 aromatic heterocycles. The van der Waals surface area contributed by atoms with Crippen LogP contribution in [0.3, 0.4) is 0 Å². The lowest BCUT2D eigenvalue weighted by molar-refractivity contribution is -0.231. The van der Waals surface area contributed by atoms with Gasteiger partial charge in [0, 0.05) is 24.0 Å². The molecule has 4 N–H and O–H groups in total. The number of benzene rings is 2. The van der Waals surface area contributed by atoms with E-state index in [0.717, 1.165) is 36.6 Å². The van der Waals surface area contributed by atoms with E-state index in [1.807, 2.05) is 30.3 Å². The molecule has 7 nitrogen and oxygen atoms in total. The molecule has 0 aliphatic carbocycles. The van der Waals surface area contributed by atoms with Gasteiger partial charge in [0.15, 0.2) is 0 Å². The number of hydrogen-bond acceptors (Lipinski definition) is 7. The molecule has 8 heteroatoms. The Hall–Kier alpha value is -1.71. The first-order valence-electron chi connectivity index (χ1n) is 10.8. The molecule has 2 aliphatic rings. The number of aliphatic hydroxyl groups excluding tert-OH is 4. The topological polar surface area (TPSA) is 103 Å². The van der Waals surface area contributed by atoms with Crippen LogP contribution in [0.15, 0.2) is 42.5 Å². The Morgan fingerprint density at radius 3 is 2.41 bits per heavy atom. The molecule has 2 saturated heterocycles. The lowest BCUT2D eigenvalue weighted by Gasteiger charge is -2.40. The van der Waals surface area contributed by atoms with Crippen LogP contribution >= 0.6 is 11.6 Å². The highest BCUT2D eigenvalue weighted by Gasteiger charge is 2.44. The molecule has 2 aromatic carbocycles. The minimum atomic E-state index is -1.42. The van der Waals surface area contributed by atoms with E-state index in [0.29, 0.717) is 22.9 Å². The number of likely N-dealkylation sites (tertiary alicyclic amines) is 1. The lowest BCUT2D eigenvalue weighted by atomic mass is 9.90. The van der Waals surface area contributed by atoms with E-state index >= 15 is 0 Å². The summed E-state index contributed by atoms with van der Waals surface area (Å²) in [5.41, 5.74) is 2.51. The lowest BCUT2D eigenvalue weighted by Crippen LogP contribution is -2.55. The summed E-state index contributed by atoms with van der Waals surface area (Å²) in [7, 11) is 2.10. The van der Waals surface area contributed by atoms with Crippen molar-refractivity contribution in [1.82, 2.24) is 4.90 Å². The maximum atomic E-state index is 10.4. The number of nitrogens with zero attached hydrogens (tertiary/aromatic N) is 1. The monoisotopic (exact) mass is 463 g/mol. The molecule has 174 valence electrons. The van der Waals surface area contributed by atoms with Gasteiger partial charge < -0.3 is 34.8 Å². The zero-order valence-corrected chi connectivity index (χ0v) is 18.7. The zero-order chi connectivity index (χ0) is 22.8. The Kier molecular flexibility index (Phi) is 7.37. The summed E-state index contributed by atoms with van der Waals surface area (Å²) in [6.45, 7) is 2.40. The predicted molar refractivity (Wildman–Crippen MR) is 120 cm³/mol. The normalized spacial score (nSPS) is 29.0. The average Bonchev–Trinajstić information content (AvgIpc) is 2.77. The molecule has 4 rings (SSSR count). The van der Waals surface area contributed by atoms with Crippen LogP contribution in [-0.2, 0) is 11.2 Å². The van der Waals surface area contributed by atoms with Crippen LogP contribution in [0.1, 0.15) is 22.8 Å². The summed E-state index contributed by atoms with van der Waals surface area (Å²) < 4.78 is 11.5. The minimum absolute atomic E-state index is 0.465. The second-order valence-electron chi connectivity index (χ2n) is 8.82. The minimum Gasteiger partial charge on any atom is -0.493 e. The van der Waals surface area contributed by atoms with Gasteiger partial charge in [-0.3, -0.25) is 0 Å². The fourth-order valence-electron chi connectivity index (χ4n) is 4.36. The van der Waals surface area contributed by atoms with Gasteiger partial charge in [-0.15, -0.1) is 0 Å². The summed E-state index contributed by atoms with van der Waals surface area (Å²) in [6.07, 6.45) is -5.40. The Bertz CT molecular complexity index is 902. The summed E-state index contributed by atoms with van der Waals surface area (Å²) >= 11 is 6.42. The standard InChI is InChI=1S/C24H30ClNO6/c1-26-10-15(11-26)13-31-18-5-2-14(3-6-18)8-17-9-16(4-7-19(17)25)24-23(30)22(29)21(28)20(12-27)32-24/h2-7,9,15,20-24,27-30H,8,10-13H2,1H3/t20-,21-,22?,23-,24+/m1/s1. The van der Waals surface area contributed by atoms with Gasteiger partial charge in [-0.25, -0.2) is 0 Å². The van der Waals surface area contributed by atoms with Crippen LogP contribution in [0.25, 0.3) is 0 Å². The largest absolute Gasteiger partial charge is 0.493 e. The van der Waals surface area contributed by atoms with Crippen LogP contribution in [0.4, 0.5) is 0 Å². The molecule has 0 saturated carbocycles. The van der Waals surface area contributed by atoms with Crippen molar-refractivity contribution in [3.05, 3.63) is 64.2 Å². The van der Waals surface area contributed by atoms with Gasteiger partial charge in [-0.05, 0) is 48.4 Å². The van der Waals surface area contributed by atoms with E-state index in [1.165, 1.54) is 0 Å². The van der Waals surface area contributed by atoms with Crippen molar-refractivity contribution in [2.75, 3.05) is 33.4 Å². The molecule has 0 amide bonds. The van der Waals surface area contributed by atoms with Crippen molar-refractivity contribution < 1.29 is 29.9 Å². The summed E-state index contributed by atoms with van der Waals surface area (Å²) in [5.74, 6) is 1.42. The van der Waals surface area contributed by atoms with Crippen LogP contribution < -0.4 is 4.74 Å². The van der Waals surface area contributed by atoms with E-state index in [9.17, 15) is 20.4 Å². The molecule has 0 radical (unpaired) electrons. The van der Waals surface area contributed by atoms with Crippen LogP contribution in [-0.4, -0.2) is 83.1 Å². The summed E-state index contributed by atoms with van der Waals surface area (Å²) in [6, 6.07) is 13.2. The van der Waals surface area contributed by atoms with Gasteiger partial charge in [0.25, 0.3) is 0 Å². The second-order valence-corrected chi connectivity index (χ2v) is 9.23. The summed E-state index contributed by atoms with van der Waals surface area (Å²) in [4.78, 5) is 2.26. The maximum Gasteiger partial charge on any atom is 0.119 e. The number of ether oxygens (including phenoxy) is 2. The van der Waals surface area contributed by atoms with Gasteiger partial charge in [-0.1, -0.05) is 35.9 Å². The highest BCUT2D eigenvalue weighted by Crippen LogP contribution is 2.34. The first-order chi connectivity index (χ1) is 15.4. The molecule has 1 unspecified atom stereocenters. The highest BCUT2D eigenvalue weighted by atomic mass is 35.5. The molecule has 32 heavy (non-hydrogen) atoms. The number of aliphatic hydroxyl groups is 4. The Morgan fingerprint density at radius 2 is 1.75 bits per heavy atom. The molecule has 2 heterocycles. The fourth-order valence-corrected chi connectivity index (χ4v) is 4.54. The van der Waals surface area contributed by atoms with Crippen LogP contribution in [0.2, 0.25) is 5.02 Å². The van der Waals surface area contributed by atoms with Gasteiger partial charge >= 0.3 is 0 Å². The molecule has 2 fully saturated rings. The van der Waals surface area contributed by atoms with Crippen molar-refractivity contribution in [2.45, 2.75) is 36.9 Å². The molecular formula is C24H30ClNO6. The van der Waals surface area contributed by atoms with Crippen molar-refractivity contribution in [3.63, 3.8) is 0 Å². The molecule has 2 aromatic rings. The highest BCUT2D eigenvalue weighted by molar-refractivity contribution is 6.31. The Balaban J connectivity index is 1.43. The van der Waals surface area contributed by atoms with E-state index < -0.39 is 37.1 Å². The van der Waals surface area contributed by atoms with Crippen LogP contribution in [0, 0.1) is 5.92 Å². The number of hydrogen-bond donors (Lipinski definition) is 4. The van der Waals surface area contributed by atoms with Gasteiger partial charge in [0.1, 0.15) is 36.3 Å². The van der Waals surface area contributed by atoms with Crippen molar-refractivity contribution in [2.24, 2.45) is 5.92 Å². The molecular weight excluding hydrogens is 434 g/mol. The number of rotatable bonds is 7. The van der Waals surface area contributed by atoms with E-state index in [2.05, 4.69) is 11.9 Å². The third kappa shape index (κ3) is 5.10. The van der Waals surface area contributed by atoms with Gasteiger partial charge in [0.2, 0.25) is 0 Å². The average molecular weight is 464 g/mol. The molecule has 5 atom stereocenters. The third-order valence-electron chi connectivity index (χ3n) is 6.23.